The smallest absolute Gasteiger partial charge is 0.119 e. The summed E-state index contributed by atoms with van der Waals surface area (Å²) < 4.78 is 5.26. The van der Waals surface area contributed by atoms with Crippen LogP contribution in [0, 0.1) is 5.92 Å². The predicted molar refractivity (Wildman–Crippen MR) is 86.5 cm³/mol. The lowest BCUT2D eigenvalue weighted by Gasteiger charge is -2.22. The minimum Gasteiger partial charge on any atom is -0.497 e. The van der Waals surface area contributed by atoms with E-state index in [9.17, 15) is 0 Å². The number of fused-ring (bicyclic) bond motifs is 1. The highest BCUT2D eigenvalue weighted by molar-refractivity contribution is 9.09. The molecular weight excluding hydrogens is 300 g/mol. The van der Waals surface area contributed by atoms with Gasteiger partial charge in [-0.25, -0.2) is 0 Å². The summed E-state index contributed by atoms with van der Waals surface area (Å²) in [5.74, 6) is 2.04. The van der Waals surface area contributed by atoms with Crippen LogP contribution < -0.4 is 4.74 Å². The quantitative estimate of drug-likeness (QED) is 0.688. The van der Waals surface area contributed by atoms with Gasteiger partial charge in [0.2, 0.25) is 0 Å². The van der Waals surface area contributed by atoms with E-state index in [0.29, 0.717) is 16.7 Å². The first-order chi connectivity index (χ1) is 9.02. The van der Waals surface area contributed by atoms with Gasteiger partial charge in [-0.05, 0) is 40.3 Å². The van der Waals surface area contributed by atoms with Gasteiger partial charge in [0.1, 0.15) is 5.75 Å². The van der Waals surface area contributed by atoms with Crippen molar-refractivity contribution in [3.8, 4) is 5.75 Å². The Hall–Kier alpha value is -1.02. The molecule has 0 aliphatic rings. The summed E-state index contributed by atoms with van der Waals surface area (Å²) in [5.41, 5.74) is 1.38. The third-order valence-corrected chi connectivity index (χ3v) is 5.56. The molecule has 19 heavy (non-hydrogen) atoms. The van der Waals surface area contributed by atoms with Crippen LogP contribution in [0.15, 0.2) is 36.4 Å². The molecule has 0 bridgehead atoms. The molecule has 2 aromatic carbocycles. The van der Waals surface area contributed by atoms with Crippen molar-refractivity contribution >= 4 is 26.7 Å². The second-order valence-corrected chi connectivity index (χ2v) is 6.51. The maximum absolute atomic E-state index is 5.26. The van der Waals surface area contributed by atoms with Crippen LogP contribution in [0.5, 0.6) is 5.75 Å². The van der Waals surface area contributed by atoms with Gasteiger partial charge in [0.25, 0.3) is 0 Å². The molecule has 0 radical (unpaired) electrons. The largest absolute Gasteiger partial charge is 0.497 e. The molecule has 2 unspecified atom stereocenters. The molecule has 1 nitrogen and oxygen atoms in total. The van der Waals surface area contributed by atoms with Crippen LogP contribution in [0.1, 0.15) is 32.3 Å². The summed E-state index contributed by atoms with van der Waals surface area (Å²) in [6.45, 7) is 6.79. The van der Waals surface area contributed by atoms with E-state index in [1.54, 1.807) is 7.11 Å². The second-order valence-electron chi connectivity index (χ2n) is 5.45. The first-order valence-corrected chi connectivity index (χ1v) is 7.66. The fraction of sp³-hybridized carbons (Fsp3) is 0.412. The van der Waals surface area contributed by atoms with E-state index in [2.05, 4.69) is 67.0 Å². The fourth-order valence-corrected chi connectivity index (χ4v) is 2.72. The molecule has 0 spiro atoms. The molecule has 0 amide bonds. The van der Waals surface area contributed by atoms with Crippen LogP contribution in [-0.2, 0) is 0 Å². The Morgan fingerprint density at radius 1 is 0.947 bits per heavy atom. The van der Waals surface area contributed by atoms with Gasteiger partial charge in [0.05, 0.1) is 7.11 Å². The predicted octanol–water partition coefficient (Wildman–Crippen LogP) is 5.37. The molecule has 2 heteroatoms. The van der Waals surface area contributed by atoms with Gasteiger partial charge in [-0.3, -0.25) is 0 Å². The molecule has 0 aromatic heterocycles. The average molecular weight is 321 g/mol. The van der Waals surface area contributed by atoms with E-state index in [4.69, 9.17) is 4.74 Å². The maximum atomic E-state index is 5.26. The van der Waals surface area contributed by atoms with Crippen molar-refractivity contribution in [3.05, 3.63) is 42.0 Å². The molecule has 0 saturated heterocycles. The molecule has 2 atom stereocenters. The molecule has 2 rings (SSSR count). The number of rotatable bonds is 4. The van der Waals surface area contributed by atoms with E-state index >= 15 is 0 Å². The SMILES string of the molecule is COc1ccc2cc(C(C)C(Br)C(C)C)ccc2c1. The van der Waals surface area contributed by atoms with Crippen LogP contribution in [-0.4, -0.2) is 11.9 Å². The molecule has 0 aliphatic heterocycles. The maximum Gasteiger partial charge on any atom is 0.119 e. The van der Waals surface area contributed by atoms with Gasteiger partial charge in [0, 0.05) is 4.83 Å². The zero-order chi connectivity index (χ0) is 14.0. The lowest BCUT2D eigenvalue weighted by atomic mass is 9.90. The Labute approximate surface area is 124 Å². The van der Waals surface area contributed by atoms with E-state index in [1.165, 1.54) is 16.3 Å². The number of alkyl halides is 1. The summed E-state index contributed by atoms with van der Waals surface area (Å²) in [5, 5.41) is 2.50. The van der Waals surface area contributed by atoms with Crippen LogP contribution in [0.25, 0.3) is 10.8 Å². The van der Waals surface area contributed by atoms with E-state index in [-0.39, 0.29) is 0 Å². The second kappa shape index (κ2) is 5.96. The van der Waals surface area contributed by atoms with Gasteiger partial charge in [-0.1, -0.05) is 61.0 Å². The standard InChI is InChI=1S/C17H21BrO/c1-11(2)17(18)12(3)13-5-6-15-10-16(19-4)8-7-14(15)9-13/h5-12,17H,1-4H3. The highest BCUT2D eigenvalue weighted by atomic mass is 79.9. The highest BCUT2D eigenvalue weighted by Crippen LogP contribution is 2.32. The topological polar surface area (TPSA) is 9.23 Å². The van der Waals surface area contributed by atoms with Crippen LogP contribution in [0.3, 0.4) is 0 Å². The Morgan fingerprint density at radius 2 is 1.58 bits per heavy atom. The van der Waals surface area contributed by atoms with Crippen LogP contribution in [0.2, 0.25) is 0 Å². The molecule has 0 heterocycles. The van der Waals surface area contributed by atoms with Gasteiger partial charge >= 0.3 is 0 Å². The lowest BCUT2D eigenvalue weighted by Crippen LogP contribution is -2.15. The third-order valence-electron chi connectivity index (χ3n) is 3.71. The molecule has 2 aromatic rings. The third kappa shape index (κ3) is 3.11. The van der Waals surface area contributed by atoms with Crippen molar-refractivity contribution in [3.63, 3.8) is 0 Å². The number of hydrogen-bond acceptors (Lipinski definition) is 1. The van der Waals surface area contributed by atoms with Gasteiger partial charge in [-0.2, -0.15) is 0 Å². The Kier molecular flexibility index (Phi) is 4.51. The van der Waals surface area contributed by atoms with E-state index in [1.807, 2.05) is 6.07 Å². The van der Waals surface area contributed by atoms with E-state index < -0.39 is 0 Å². The van der Waals surface area contributed by atoms with Crippen molar-refractivity contribution in [1.82, 2.24) is 0 Å². The first-order valence-electron chi connectivity index (χ1n) is 6.74. The number of hydrogen-bond donors (Lipinski definition) is 0. The average Bonchev–Trinajstić information content (AvgIpc) is 2.44. The highest BCUT2D eigenvalue weighted by Gasteiger charge is 2.19. The summed E-state index contributed by atoms with van der Waals surface area (Å²) in [7, 11) is 1.70. The summed E-state index contributed by atoms with van der Waals surface area (Å²) in [4.78, 5) is 0.503. The van der Waals surface area contributed by atoms with Gasteiger partial charge in [-0.15, -0.1) is 0 Å². The molecule has 0 N–H and O–H groups in total. The van der Waals surface area contributed by atoms with Gasteiger partial charge < -0.3 is 4.74 Å². The molecular formula is C17H21BrO. The number of benzene rings is 2. The summed E-state index contributed by atoms with van der Waals surface area (Å²) in [6, 6.07) is 12.9. The Balaban J connectivity index is 2.36. The summed E-state index contributed by atoms with van der Waals surface area (Å²) >= 11 is 3.81. The minimum absolute atomic E-state index is 0.503. The fourth-order valence-electron chi connectivity index (χ4n) is 2.41. The van der Waals surface area contributed by atoms with Crippen molar-refractivity contribution in [2.24, 2.45) is 5.92 Å². The number of halogens is 1. The van der Waals surface area contributed by atoms with Crippen molar-refractivity contribution in [1.29, 1.82) is 0 Å². The first kappa shape index (κ1) is 14.4. The van der Waals surface area contributed by atoms with Crippen molar-refractivity contribution in [2.75, 3.05) is 7.11 Å². The molecule has 0 aliphatic carbocycles. The number of methoxy groups -OCH3 is 1. The summed E-state index contributed by atoms with van der Waals surface area (Å²) in [6.07, 6.45) is 0. The molecule has 0 fully saturated rings. The van der Waals surface area contributed by atoms with Gasteiger partial charge in [0.15, 0.2) is 0 Å². The zero-order valence-electron chi connectivity index (χ0n) is 12.0. The van der Waals surface area contributed by atoms with Crippen molar-refractivity contribution < 1.29 is 4.74 Å². The zero-order valence-corrected chi connectivity index (χ0v) is 13.6. The van der Waals surface area contributed by atoms with Crippen LogP contribution >= 0.6 is 15.9 Å². The normalized spacial score (nSPS) is 14.6. The number of ether oxygens (including phenoxy) is 1. The molecule has 102 valence electrons. The Bertz CT molecular complexity index is 562. The minimum atomic E-state index is 0.503. The van der Waals surface area contributed by atoms with Crippen LogP contribution in [0.4, 0.5) is 0 Å². The lowest BCUT2D eigenvalue weighted by molar-refractivity contribution is 0.415. The monoisotopic (exact) mass is 320 g/mol. The molecule has 0 saturated carbocycles. The van der Waals surface area contributed by atoms with Crippen molar-refractivity contribution in [2.45, 2.75) is 31.5 Å². The Morgan fingerprint density at radius 3 is 2.21 bits per heavy atom. The van der Waals surface area contributed by atoms with E-state index in [0.717, 1.165) is 5.75 Å².